The molecule has 0 saturated carbocycles. The zero-order valence-electron chi connectivity index (χ0n) is 13.5. The number of para-hydroxylation sites is 1. The normalized spacial score (nSPS) is 10.7. The van der Waals surface area contributed by atoms with E-state index in [9.17, 15) is 0 Å². The fraction of sp³-hybridized carbons (Fsp3) is 0.368. The number of rotatable bonds is 6. The van der Waals surface area contributed by atoms with Crippen LogP contribution in [0.3, 0.4) is 0 Å². The number of hydrogen-bond donors (Lipinski definition) is 1. The van der Waals surface area contributed by atoms with Crippen LogP contribution >= 0.6 is 0 Å². The molecular weight excluding hydrogens is 258 g/mol. The average Bonchev–Trinajstić information content (AvgIpc) is 2.49. The second kappa shape index (κ2) is 7.28. The summed E-state index contributed by atoms with van der Waals surface area (Å²) in [6.45, 7) is 10.4. The monoisotopic (exact) mass is 283 g/mol. The maximum atomic E-state index is 6.24. The van der Waals surface area contributed by atoms with Gasteiger partial charge in [0.15, 0.2) is 0 Å². The van der Waals surface area contributed by atoms with Gasteiger partial charge in [0, 0.05) is 12.1 Å². The third-order valence-electron chi connectivity index (χ3n) is 3.80. The Kier molecular flexibility index (Phi) is 5.40. The molecule has 0 aliphatic heterocycles. The maximum absolute atomic E-state index is 6.24. The van der Waals surface area contributed by atoms with E-state index in [2.05, 4.69) is 57.3 Å². The third kappa shape index (κ3) is 3.85. The molecule has 2 aromatic rings. The molecule has 0 aromatic heterocycles. The van der Waals surface area contributed by atoms with Crippen molar-refractivity contribution in [3.8, 4) is 11.5 Å². The predicted molar refractivity (Wildman–Crippen MR) is 89.2 cm³/mol. The number of nitrogens with one attached hydrogen (secondary N) is 1. The highest BCUT2D eigenvalue weighted by Crippen LogP contribution is 2.32. The summed E-state index contributed by atoms with van der Waals surface area (Å²) in [4.78, 5) is 0. The highest BCUT2D eigenvalue weighted by Gasteiger charge is 2.10. The minimum atomic E-state index is 0.841. The van der Waals surface area contributed by atoms with E-state index in [1.807, 2.05) is 12.1 Å². The lowest BCUT2D eigenvalue weighted by atomic mass is 10.1. The van der Waals surface area contributed by atoms with Crippen LogP contribution in [-0.4, -0.2) is 6.54 Å². The highest BCUT2D eigenvalue weighted by atomic mass is 16.5. The van der Waals surface area contributed by atoms with Gasteiger partial charge in [0.2, 0.25) is 0 Å². The molecule has 1 N–H and O–H groups in total. The molecule has 0 radical (unpaired) electrons. The molecule has 0 spiro atoms. The van der Waals surface area contributed by atoms with Crippen molar-refractivity contribution in [2.45, 2.75) is 40.7 Å². The van der Waals surface area contributed by atoms with Gasteiger partial charge in [-0.1, -0.05) is 37.3 Å². The third-order valence-corrected chi connectivity index (χ3v) is 3.80. The van der Waals surface area contributed by atoms with E-state index < -0.39 is 0 Å². The van der Waals surface area contributed by atoms with Crippen molar-refractivity contribution in [2.24, 2.45) is 0 Å². The molecule has 2 aromatic carbocycles. The standard InChI is InChI=1S/C19H25NO/c1-5-12-20-13-17-8-6-7-9-18(17)21-19-15(3)11-10-14(2)16(19)4/h6-11,20H,5,12-13H2,1-4H3. The Bertz CT molecular complexity index is 605. The van der Waals surface area contributed by atoms with Gasteiger partial charge >= 0.3 is 0 Å². The van der Waals surface area contributed by atoms with Crippen molar-refractivity contribution in [1.29, 1.82) is 0 Å². The summed E-state index contributed by atoms with van der Waals surface area (Å²) < 4.78 is 6.24. The Hall–Kier alpha value is -1.80. The van der Waals surface area contributed by atoms with Gasteiger partial charge in [0.1, 0.15) is 11.5 Å². The molecule has 0 heterocycles. The van der Waals surface area contributed by atoms with E-state index in [0.717, 1.165) is 31.0 Å². The molecule has 0 saturated heterocycles. The first kappa shape index (κ1) is 15.6. The Morgan fingerprint density at radius 1 is 0.952 bits per heavy atom. The van der Waals surface area contributed by atoms with Crippen molar-refractivity contribution in [1.82, 2.24) is 5.32 Å². The fourth-order valence-electron chi connectivity index (χ4n) is 2.34. The number of aryl methyl sites for hydroxylation is 2. The van der Waals surface area contributed by atoms with E-state index >= 15 is 0 Å². The maximum Gasteiger partial charge on any atom is 0.133 e. The van der Waals surface area contributed by atoms with Crippen LogP contribution in [0.1, 0.15) is 35.6 Å². The van der Waals surface area contributed by atoms with E-state index in [1.165, 1.54) is 22.3 Å². The number of ether oxygens (including phenoxy) is 1. The van der Waals surface area contributed by atoms with E-state index in [0.29, 0.717) is 0 Å². The van der Waals surface area contributed by atoms with Crippen molar-refractivity contribution in [3.05, 3.63) is 58.7 Å². The van der Waals surface area contributed by atoms with Crippen LogP contribution in [0.5, 0.6) is 11.5 Å². The average molecular weight is 283 g/mol. The van der Waals surface area contributed by atoms with Crippen molar-refractivity contribution < 1.29 is 4.74 Å². The summed E-state index contributed by atoms with van der Waals surface area (Å²) >= 11 is 0. The SMILES string of the molecule is CCCNCc1ccccc1Oc1c(C)ccc(C)c1C. The molecule has 0 aliphatic carbocycles. The summed E-state index contributed by atoms with van der Waals surface area (Å²) in [6.07, 6.45) is 1.14. The number of benzene rings is 2. The van der Waals surface area contributed by atoms with Gasteiger partial charge in [0.05, 0.1) is 0 Å². The smallest absolute Gasteiger partial charge is 0.133 e. The Labute approximate surface area is 128 Å². The molecule has 0 unspecified atom stereocenters. The summed E-state index contributed by atoms with van der Waals surface area (Å²) in [6, 6.07) is 12.5. The molecule has 112 valence electrons. The molecule has 0 atom stereocenters. The van der Waals surface area contributed by atoms with Gasteiger partial charge in [-0.05, 0) is 56.5 Å². The Balaban J connectivity index is 2.26. The summed E-state index contributed by atoms with van der Waals surface area (Å²) in [5, 5.41) is 3.44. The van der Waals surface area contributed by atoms with Crippen LogP contribution < -0.4 is 10.1 Å². The van der Waals surface area contributed by atoms with Crippen LogP contribution in [0.25, 0.3) is 0 Å². The zero-order chi connectivity index (χ0) is 15.2. The van der Waals surface area contributed by atoms with Crippen LogP contribution in [0.15, 0.2) is 36.4 Å². The van der Waals surface area contributed by atoms with Crippen LogP contribution in [0.2, 0.25) is 0 Å². The lowest BCUT2D eigenvalue weighted by Gasteiger charge is -2.16. The molecule has 0 amide bonds. The van der Waals surface area contributed by atoms with E-state index in [-0.39, 0.29) is 0 Å². The Morgan fingerprint density at radius 2 is 1.67 bits per heavy atom. The molecular formula is C19H25NO. The van der Waals surface area contributed by atoms with E-state index in [1.54, 1.807) is 0 Å². The van der Waals surface area contributed by atoms with Crippen molar-refractivity contribution in [2.75, 3.05) is 6.54 Å². The van der Waals surface area contributed by atoms with Gasteiger partial charge in [-0.2, -0.15) is 0 Å². The van der Waals surface area contributed by atoms with Crippen LogP contribution in [-0.2, 0) is 6.54 Å². The van der Waals surface area contributed by atoms with Gasteiger partial charge in [-0.15, -0.1) is 0 Å². The van der Waals surface area contributed by atoms with Crippen molar-refractivity contribution in [3.63, 3.8) is 0 Å². The van der Waals surface area contributed by atoms with Crippen molar-refractivity contribution >= 4 is 0 Å². The number of hydrogen-bond acceptors (Lipinski definition) is 2. The molecule has 0 fully saturated rings. The summed E-state index contributed by atoms with van der Waals surface area (Å²) in [7, 11) is 0. The van der Waals surface area contributed by atoms with Gasteiger partial charge in [0.25, 0.3) is 0 Å². The fourth-order valence-corrected chi connectivity index (χ4v) is 2.34. The second-order valence-electron chi connectivity index (χ2n) is 5.54. The molecule has 2 nitrogen and oxygen atoms in total. The quantitative estimate of drug-likeness (QED) is 0.761. The van der Waals surface area contributed by atoms with Crippen LogP contribution in [0, 0.1) is 20.8 Å². The minimum Gasteiger partial charge on any atom is -0.456 e. The highest BCUT2D eigenvalue weighted by molar-refractivity contribution is 5.48. The van der Waals surface area contributed by atoms with Gasteiger partial charge in [-0.25, -0.2) is 0 Å². The molecule has 21 heavy (non-hydrogen) atoms. The first-order valence-corrected chi connectivity index (χ1v) is 7.66. The Morgan fingerprint density at radius 3 is 2.43 bits per heavy atom. The molecule has 0 aliphatic rings. The largest absolute Gasteiger partial charge is 0.456 e. The lowest BCUT2D eigenvalue weighted by molar-refractivity contribution is 0.465. The second-order valence-corrected chi connectivity index (χ2v) is 5.54. The molecule has 2 rings (SSSR count). The first-order valence-electron chi connectivity index (χ1n) is 7.66. The van der Waals surface area contributed by atoms with Crippen LogP contribution in [0.4, 0.5) is 0 Å². The molecule has 2 heteroatoms. The molecule has 0 bridgehead atoms. The minimum absolute atomic E-state index is 0.841. The van der Waals surface area contributed by atoms with E-state index in [4.69, 9.17) is 4.74 Å². The summed E-state index contributed by atoms with van der Waals surface area (Å²) in [5.74, 6) is 1.93. The summed E-state index contributed by atoms with van der Waals surface area (Å²) in [5.41, 5.74) is 4.85. The predicted octanol–water partition coefficient (Wildman–Crippen LogP) is 4.90. The zero-order valence-corrected chi connectivity index (χ0v) is 13.5. The first-order chi connectivity index (χ1) is 10.1. The lowest BCUT2D eigenvalue weighted by Crippen LogP contribution is -2.14. The topological polar surface area (TPSA) is 21.3 Å². The van der Waals surface area contributed by atoms with Gasteiger partial charge < -0.3 is 10.1 Å². The van der Waals surface area contributed by atoms with Gasteiger partial charge in [-0.3, -0.25) is 0 Å².